The lowest BCUT2D eigenvalue weighted by atomic mass is 10.3. The summed E-state index contributed by atoms with van der Waals surface area (Å²) >= 11 is 0. The number of rotatable bonds is 8. The van der Waals surface area contributed by atoms with E-state index in [9.17, 15) is 0 Å². The standard InChI is InChI=1S/C18H24N4O2/c1-23-13-4-14-24-16-7-5-15(6-8-16)20-18-19-10-9-17(21-18)22-11-2-3-12-22/h5-10H,2-4,11-14H2,1H3,(H,19,20,21). The molecule has 2 aromatic rings. The van der Waals surface area contributed by atoms with Crippen LogP contribution >= 0.6 is 0 Å². The lowest BCUT2D eigenvalue weighted by Gasteiger charge is -2.16. The molecule has 1 fully saturated rings. The van der Waals surface area contributed by atoms with E-state index in [1.54, 1.807) is 13.3 Å². The molecule has 0 atom stereocenters. The molecule has 1 aromatic carbocycles. The summed E-state index contributed by atoms with van der Waals surface area (Å²) in [6, 6.07) is 9.79. The third kappa shape index (κ3) is 4.58. The molecule has 1 aliphatic rings. The highest BCUT2D eigenvalue weighted by Gasteiger charge is 2.14. The molecular weight excluding hydrogens is 304 g/mol. The quantitative estimate of drug-likeness (QED) is 0.751. The highest BCUT2D eigenvalue weighted by Crippen LogP contribution is 2.21. The van der Waals surface area contributed by atoms with Crippen LogP contribution in [0.4, 0.5) is 17.5 Å². The van der Waals surface area contributed by atoms with E-state index in [1.807, 2.05) is 30.3 Å². The number of nitrogens with one attached hydrogen (secondary N) is 1. The van der Waals surface area contributed by atoms with Gasteiger partial charge in [0.2, 0.25) is 5.95 Å². The first kappa shape index (κ1) is 16.5. The Labute approximate surface area is 142 Å². The Morgan fingerprint density at radius 3 is 2.62 bits per heavy atom. The van der Waals surface area contributed by atoms with Crippen LogP contribution in [0.5, 0.6) is 5.75 Å². The largest absolute Gasteiger partial charge is 0.494 e. The van der Waals surface area contributed by atoms with Crippen LogP contribution in [0.15, 0.2) is 36.5 Å². The minimum absolute atomic E-state index is 0.619. The minimum Gasteiger partial charge on any atom is -0.494 e. The fraction of sp³-hybridized carbons (Fsp3) is 0.444. The lowest BCUT2D eigenvalue weighted by molar-refractivity contribution is 0.172. The molecule has 6 heteroatoms. The first-order chi connectivity index (χ1) is 11.8. The number of methoxy groups -OCH3 is 1. The maximum Gasteiger partial charge on any atom is 0.229 e. The van der Waals surface area contributed by atoms with Crippen LogP contribution in [0.25, 0.3) is 0 Å². The summed E-state index contributed by atoms with van der Waals surface area (Å²) in [6.07, 6.45) is 5.15. The molecule has 0 aliphatic carbocycles. The Morgan fingerprint density at radius 2 is 1.88 bits per heavy atom. The van der Waals surface area contributed by atoms with Gasteiger partial charge in [-0.3, -0.25) is 0 Å². The zero-order valence-electron chi connectivity index (χ0n) is 14.1. The predicted molar refractivity (Wildman–Crippen MR) is 95.2 cm³/mol. The van der Waals surface area contributed by atoms with Crippen LogP contribution in [-0.2, 0) is 4.74 Å². The zero-order valence-corrected chi connectivity index (χ0v) is 14.1. The second-order valence-corrected chi connectivity index (χ2v) is 5.78. The van der Waals surface area contributed by atoms with Crippen molar-refractivity contribution in [1.82, 2.24) is 9.97 Å². The number of nitrogens with zero attached hydrogens (tertiary/aromatic N) is 3. The molecule has 24 heavy (non-hydrogen) atoms. The molecule has 1 N–H and O–H groups in total. The summed E-state index contributed by atoms with van der Waals surface area (Å²) < 4.78 is 10.7. The SMILES string of the molecule is COCCCOc1ccc(Nc2nccc(N3CCCC3)n2)cc1. The summed E-state index contributed by atoms with van der Waals surface area (Å²) in [6.45, 7) is 3.52. The smallest absolute Gasteiger partial charge is 0.229 e. The molecule has 3 rings (SSSR count). The van der Waals surface area contributed by atoms with Gasteiger partial charge >= 0.3 is 0 Å². The average molecular weight is 328 g/mol. The fourth-order valence-corrected chi connectivity index (χ4v) is 2.69. The van der Waals surface area contributed by atoms with Gasteiger partial charge < -0.3 is 19.7 Å². The average Bonchev–Trinajstić information content (AvgIpc) is 3.15. The highest BCUT2D eigenvalue weighted by molar-refractivity contribution is 5.56. The van der Waals surface area contributed by atoms with Crippen LogP contribution in [0, 0.1) is 0 Å². The maximum absolute atomic E-state index is 5.65. The third-order valence-corrected chi connectivity index (χ3v) is 3.94. The molecular formula is C18H24N4O2. The summed E-state index contributed by atoms with van der Waals surface area (Å²) in [5, 5.41) is 3.25. The van der Waals surface area contributed by atoms with Crippen LogP contribution in [0.1, 0.15) is 19.3 Å². The van der Waals surface area contributed by atoms with Crippen molar-refractivity contribution in [3.8, 4) is 5.75 Å². The first-order valence-electron chi connectivity index (χ1n) is 8.42. The molecule has 0 radical (unpaired) electrons. The van der Waals surface area contributed by atoms with E-state index in [2.05, 4.69) is 20.2 Å². The molecule has 0 amide bonds. The number of ether oxygens (including phenoxy) is 2. The van der Waals surface area contributed by atoms with Gasteiger partial charge in [-0.15, -0.1) is 0 Å². The van der Waals surface area contributed by atoms with Crippen LogP contribution < -0.4 is 15.0 Å². The van der Waals surface area contributed by atoms with Gasteiger partial charge in [-0.2, -0.15) is 4.98 Å². The highest BCUT2D eigenvalue weighted by atomic mass is 16.5. The molecule has 0 unspecified atom stereocenters. The van der Waals surface area contributed by atoms with E-state index < -0.39 is 0 Å². The van der Waals surface area contributed by atoms with Crippen molar-refractivity contribution in [2.45, 2.75) is 19.3 Å². The van der Waals surface area contributed by atoms with Crippen LogP contribution in [-0.4, -0.2) is 43.4 Å². The third-order valence-electron chi connectivity index (χ3n) is 3.94. The monoisotopic (exact) mass is 328 g/mol. The molecule has 1 saturated heterocycles. The number of hydrogen-bond acceptors (Lipinski definition) is 6. The number of benzene rings is 1. The van der Waals surface area contributed by atoms with Gasteiger partial charge in [0.15, 0.2) is 0 Å². The summed E-state index contributed by atoms with van der Waals surface area (Å²) in [7, 11) is 1.70. The van der Waals surface area contributed by atoms with Crippen molar-refractivity contribution >= 4 is 17.5 Å². The van der Waals surface area contributed by atoms with E-state index in [0.29, 0.717) is 19.2 Å². The molecule has 1 aromatic heterocycles. The second-order valence-electron chi connectivity index (χ2n) is 5.78. The first-order valence-corrected chi connectivity index (χ1v) is 8.42. The Bertz CT molecular complexity index is 627. The van der Waals surface area contributed by atoms with Crippen molar-refractivity contribution in [1.29, 1.82) is 0 Å². The van der Waals surface area contributed by atoms with Gasteiger partial charge in [0.1, 0.15) is 11.6 Å². The minimum atomic E-state index is 0.619. The maximum atomic E-state index is 5.65. The van der Waals surface area contributed by atoms with Gasteiger partial charge in [-0.05, 0) is 43.2 Å². The Morgan fingerprint density at radius 1 is 1.08 bits per heavy atom. The van der Waals surface area contributed by atoms with E-state index in [0.717, 1.165) is 36.8 Å². The zero-order chi connectivity index (χ0) is 16.6. The van der Waals surface area contributed by atoms with E-state index >= 15 is 0 Å². The van der Waals surface area contributed by atoms with Gasteiger partial charge in [0.05, 0.1) is 6.61 Å². The fourth-order valence-electron chi connectivity index (χ4n) is 2.69. The predicted octanol–water partition coefficient (Wildman–Crippen LogP) is 3.24. The Hall–Kier alpha value is -2.34. The normalized spacial score (nSPS) is 14.0. The van der Waals surface area contributed by atoms with Gasteiger partial charge in [-0.1, -0.05) is 0 Å². The van der Waals surface area contributed by atoms with Crippen molar-refractivity contribution in [3.63, 3.8) is 0 Å². The van der Waals surface area contributed by atoms with Crippen LogP contribution in [0.3, 0.4) is 0 Å². The summed E-state index contributed by atoms with van der Waals surface area (Å²) in [5.41, 5.74) is 0.942. The van der Waals surface area contributed by atoms with Crippen molar-refractivity contribution in [2.75, 3.05) is 43.6 Å². The van der Waals surface area contributed by atoms with Gasteiger partial charge in [0, 0.05) is 45.1 Å². The molecule has 0 bridgehead atoms. The van der Waals surface area contributed by atoms with Crippen molar-refractivity contribution in [2.24, 2.45) is 0 Å². The number of hydrogen-bond donors (Lipinski definition) is 1. The molecule has 0 spiro atoms. The summed E-state index contributed by atoms with van der Waals surface area (Å²) in [4.78, 5) is 11.2. The van der Waals surface area contributed by atoms with Gasteiger partial charge in [0.25, 0.3) is 0 Å². The van der Waals surface area contributed by atoms with Crippen LogP contribution in [0.2, 0.25) is 0 Å². The summed E-state index contributed by atoms with van der Waals surface area (Å²) in [5.74, 6) is 2.46. The van der Waals surface area contributed by atoms with E-state index in [4.69, 9.17) is 9.47 Å². The van der Waals surface area contributed by atoms with Gasteiger partial charge in [-0.25, -0.2) is 4.98 Å². The molecule has 6 nitrogen and oxygen atoms in total. The number of anilines is 3. The second kappa shape index (κ2) is 8.49. The molecule has 1 aliphatic heterocycles. The van der Waals surface area contributed by atoms with E-state index in [-0.39, 0.29) is 0 Å². The van der Waals surface area contributed by atoms with E-state index in [1.165, 1.54) is 12.8 Å². The molecule has 2 heterocycles. The topological polar surface area (TPSA) is 59.5 Å². The molecule has 0 saturated carbocycles. The van der Waals surface area contributed by atoms with Crippen molar-refractivity contribution < 1.29 is 9.47 Å². The lowest BCUT2D eigenvalue weighted by Crippen LogP contribution is -2.19. The molecule has 128 valence electrons. The van der Waals surface area contributed by atoms with Crippen molar-refractivity contribution in [3.05, 3.63) is 36.5 Å². The Kier molecular flexibility index (Phi) is 5.85. The number of aromatic nitrogens is 2. The Balaban J connectivity index is 1.56.